The fourth-order valence-electron chi connectivity index (χ4n) is 2.71. The zero-order valence-corrected chi connectivity index (χ0v) is 15.0. The molecule has 0 unspecified atom stereocenters. The maximum absolute atomic E-state index is 12.8. The van der Waals surface area contributed by atoms with Crippen molar-refractivity contribution in [3.8, 4) is 5.75 Å². The van der Waals surface area contributed by atoms with Crippen LogP contribution in [0.15, 0.2) is 29.2 Å². The Bertz CT molecular complexity index is 726. The molecule has 1 heterocycles. The third kappa shape index (κ3) is 4.24. The van der Waals surface area contributed by atoms with Crippen LogP contribution in [-0.4, -0.2) is 52.8 Å². The second kappa shape index (κ2) is 7.19. The number of rotatable bonds is 7. The molecule has 23 heavy (non-hydrogen) atoms. The predicted molar refractivity (Wildman–Crippen MR) is 89.3 cm³/mol. The van der Waals surface area contributed by atoms with Crippen LogP contribution in [0, 0.1) is 0 Å². The first-order chi connectivity index (χ1) is 10.8. The highest BCUT2D eigenvalue weighted by Crippen LogP contribution is 2.27. The molecule has 0 saturated carbocycles. The summed E-state index contributed by atoms with van der Waals surface area (Å²) in [5.41, 5.74) is 0. The van der Waals surface area contributed by atoms with Crippen LogP contribution in [0.3, 0.4) is 0 Å². The Balaban J connectivity index is 2.28. The standard InChI is InChI=1S/C15H23NO5S2/c1-3-9-16-14-10-22(17,18)11-15(14)23(19,20)13-7-5-12(6-8-13)21-4-2/h5-8,14-16H,3-4,9-11H2,1-2H3/t14-,15-/m1/s1. The predicted octanol–water partition coefficient (Wildman–Crippen LogP) is 1.02. The van der Waals surface area contributed by atoms with Crippen molar-refractivity contribution >= 4 is 19.7 Å². The van der Waals surface area contributed by atoms with E-state index in [9.17, 15) is 16.8 Å². The largest absolute Gasteiger partial charge is 0.494 e. The minimum Gasteiger partial charge on any atom is -0.494 e. The van der Waals surface area contributed by atoms with Gasteiger partial charge in [-0.3, -0.25) is 0 Å². The summed E-state index contributed by atoms with van der Waals surface area (Å²) >= 11 is 0. The molecule has 0 aliphatic carbocycles. The summed E-state index contributed by atoms with van der Waals surface area (Å²) < 4.78 is 54.8. The summed E-state index contributed by atoms with van der Waals surface area (Å²) in [6.07, 6.45) is 0.812. The van der Waals surface area contributed by atoms with E-state index >= 15 is 0 Å². The van der Waals surface area contributed by atoms with Gasteiger partial charge in [-0.15, -0.1) is 0 Å². The van der Waals surface area contributed by atoms with E-state index in [0.717, 1.165) is 6.42 Å². The fourth-order valence-corrected chi connectivity index (χ4v) is 7.42. The van der Waals surface area contributed by atoms with Gasteiger partial charge in [-0.25, -0.2) is 16.8 Å². The van der Waals surface area contributed by atoms with E-state index < -0.39 is 31.0 Å². The van der Waals surface area contributed by atoms with Crippen molar-refractivity contribution in [2.24, 2.45) is 0 Å². The van der Waals surface area contributed by atoms with E-state index in [1.54, 1.807) is 12.1 Å². The maximum Gasteiger partial charge on any atom is 0.183 e. The molecule has 1 aromatic rings. The van der Waals surface area contributed by atoms with E-state index in [-0.39, 0.29) is 16.4 Å². The summed E-state index contributed by atoms with van der Waals surface area (Å²) in [6, 6.07) is 5.57. The smallest absolute Gasteiger partial charge is 0.183 e. The van der Waals surface area contributed by atoms with Crippen LogP contribution in [0.2, 0.25) is 0 Å². The van der Waals surface area contributed by atoms with Crippen molar-refractivity contribution in [1.29, 1.82) is 0 Å². The molecule has 130 valence electrons. The molecule has 1 N–H and O–H groups in total. The van der Waals surface area contributed by atoms with Crippen LogP contribution >= 0.6 is 0 Å². The molecule has 1 saturated heterocycles. The number of nitrogens with one attached hydrogen (secondary N) is 1. The lowest BCUT2D eigenvalue weighted by Crippen LogP contribution is -2.43. The highest BCUT2D eigenvalue weighted by molar-refractivity contribution is 7.96. The van der Waals surface area contributed by atoms with E-state index in [1.165, 1.54) is 12.1 Å². The molecule has 1 aliphatic heterocycles. The molecule has 2 atom stereocenters. The van der Waals surface area contributed by atoms with Crippen molar-refractivity contribution in [2.45, 2.75) is 36.5 Å². The Kier molecular flexibility index (Phi) is 5.70. The van der Waals surface area contributed by atoms with E-state index in [4.69, 9.17) is 4.74 Å². The third-order valence-corrected chi connectivity index (χ3v) is 7.99. The summed E-state index contributed by atoms with van der Waals surface area (Å²) in [5, 5.41) is 2.11. The maximum atomic E-state index is 12.8. The minimum atomic E-state index is -3.72. The van der Waals surface area contributed by atoms with Crippen molar-refractivity contribution in [2.75, 3.05) is 24.7 Å². The Labute approximate surface area is 138 Å². The normalized spacial score (nSPS) is 23.7. The van der Waals surface area contributed by atoms with Gasteiger partial charge in [0.05, 0.1) is 28.3 Å². The van der Waals surface area contributed by atoms with Crippen LogP contribution in [0.1, 0.15) is 20.3 Å². The second-order valence-electron chi connectivity index (χ2n) is 5.63. The highest BCUT2D eigenvalue weighted by Gasteiger charge is 2.45. The summed E-state index contributed by atoms with van der Waals surface area (Å²) in [7, 11) is -7.07. The van der Waals surface area contributed by atoms with Gasteiger partial charge in [0, 0.05) is 6.04 Å². The number of hydrogen-bond donors (Lipinski definition) is 1. The lowest BCUT2D eigenvalue weighted by atomic mass is 10.2. The van der Waals surface area contributed by atoms with Crippen molar-refractivity contribution in [1.82, 2.24) is 5.32 Å². The molecule has 0 bridgehead atoms. The number of ether oxygens (including phenoxy) is 1. The van der Waals surface area contributed by atoms with Crippen molar-refractivity contribution < 1.29 is 21.6 Å². The lowest BCUT2D eigenvalue weighted by molar-refractivity contribution is 0.340. The van der Waals surface area contributed by atoms with Crippen LogP contribution in [0.5, 0.6) is 5.75 Å². The molecular weight excluding hydrogens is 338 g/mol. The van der Waals surface area contributed by atoms with Crippen molar-refractivity contribution in [3.05, 3.63) is 24.3 Å². The Hall–Kier alpha value is -1.12. The quantitative estimate of drug-likeness (QED) is 0.780. The average Bonchev–Trinajstić information content (AvgIpc) is 2.82. The van der Waals surface area contributed by atoms with Gasteiger partial charge < -0.3 is 10.1 Å². The van der Waals surface area contributed by atoms with Gasteiger partial charge in [0.2, 0.25) is 0 Å². The minimum absolute atomic E-state index is 0.131. The molecule has 2 rings (SSSR count). The SMILES string of the molecule is CCCN[C@@H]1CS(=O)(=O)C[C@H]1S(=O)(=O)c1ccc(OCC)cc1. The van der Waals surface area contributed by atoms with Gasteiger partial charge in [0.25, 0.3) is 0 Å². The van der Waals surface area contributed by atoms with Gasteiger partial charge in [-0.1, -0.05) is 6.92 Å². The third-order valence-electron chi connectivity index (χ3n) is 3.82. The molecule has 1 fully saturated rings. The van der Waals surface area contributed by atoms with Crippen LogP contribution in [0.25, 0.3) is 0 Å². The zero-order chi connectivity index (χ0) is 17.1. The van der Waals surface area contributed by atoms with Gasteiger partial charge >= 0.3 is 0 Å². The number of sulfone groups is 2. The Morgan fingerprint density at radius 1 is 1.17 bits per heavy atom. The molecular formula is C15H23NO5S2. The number of hydrogen-bond acceptors (Lipinski definition) is 6. The van der Waals surface area contributed by atoms with E-state index in [2.05, 4.69) is 5.32 Å². The van der Waals surface area contributed by atoms with Crippen LogP contribution < -0.4 is 10.1 Å². The second-order valence-corrected chi connectivity index (χ2v) is 9.95. The van der Waals surface area contributed by atoms with E-state index in [1.807, 2.05) is 13.8 Å². The van der Waals surface area contributed by atoms with E-state index in [0.29, 0.717) is 18.9 Å². The summed E-state index contributed by atoms with van der Waals surface area (Å²) in [6.45, 7) is 4.88. The number of benzene rings is 1. The monoisotopic (exact) mass is 361 g/mol. The highest BCUT2D eigenvalue weighted by atomic mass is 32.2. The summed E-state index contributed by atoms with van der Waals surface area (Å²) in [5.74, 6) is 0.129. The molecule has 1 aliphatic rings. The van der Waals surface area contributed by atoms with Crippen LogP contribution in [-0.2, 0) is 19.7 Å². The first-order valence-corrected chi connectivity index (χ1v) is 11.1. The van der Waals surface area contributed by atoms with Gasteiger partial charge in [0.1, 0.15) is 5.75 Å². The molecule has 8 heteroatoms. The van der Waals surface area contributed by atoms with Crippen molar-refractivity contribution in [3.63, 3.8) is 0 Å². The molecule has 1 aromatic carbocycles. The fraction of sp³-hybridized carbons (Fsp3) is 0.600. The average molecular weight is 361 g/mol. The topological polar surface area (TPSA) is 89.5 Å². The summed E-state index contributed by atoms with van der Waals surface area (Å²) in [4.78, 5) is 0.131. The molecule has 0 spiro atoms. The molecule has 0 amide bonds. The van der Waals surface area contributed by atoms with Gasteiger partial charge in [0.15, 0.2) is 19.7 Å². The zero-order valence-electron chi connectivity index (χ0n) is 13.4. The first-order valence-electron chi connectivity index (χ1n) is 7.70. The Morgan fingerprint density at radius 3 is 2.39 bits per heavy atom. The molecule has 0 radical (unpaired) electrons. The molecule has 0 aromatic heterocycles. The molecule has 6 nitrogen and oxygen atoms in total. The lowest BCUT2D eigenvalue weighted by Gasteiger charge is -2.19. The van der Waals surface area contributed by atoms with Gasteiger partial charge in [-0.2, -0.15) is 0 Å². The van der Waals surface area contributed by atoms with Crippen LogP contribution in [0.4, 0.5) is 0 Å². The van der Waals surface area contributed by atoms with Gasteiger partial charge in [-0.05, 0) is 44.2 Å². The first kappa shape index (κ1) is 18.2. The Morgan fingerprint density at radius 2 is 1.83 bits per heavy atom.